The maximum absolute atomic E-state index is 2.72. The second-order valence-corrected chi connectivity index (χ2v) is 5.16. The summed E-state index contributed by atoms with van der Waals surface area (Å²) in [6.45, 7) is 7.57. The molecular formula is C11H21N. The lowest BCUT2D eigenvalue weighted by molar-refractivity contribution is 0.0811. The van der Waals surface area contributed by atoms with E-state index in [9.17, 15) is 0 Å². The van der Waals surface area contributed by atoms with Gasteiger partial charge in [0, 0.05) is 12.1 Å². The normalized spacial score (nSPS) is 40.5. The Labute approximate surface area is 76.1 Å². The molecule has 0 aliphatic carbocycles. The van der Waals surface area contributed by atoms with Gasteiger partial charge in [-0.25, -0.2) is 0 Å². The Bertz CT molecular complexity index is 162. The van der Waals surface area contributed by atoms with E-state index in [1.807, 2.05) is 0 Å². The largest absolute Gasteiger partial charge is 0.298 e. The average Bonchev–Trinajstić information content (AvgIpc) is 2.12. The number of rotatable bonds is 0. The molecule has 70 valence electrons. The summed E-state index contributed by atoms with van der Waals surface area (Å²) in [5.41, 5.74) is 0.495. The smallest absolute Gasteiger partial charge is 0.0153 e. The van der Waals surface area contributed by atoms with Crippen LogP contribution in [0, 0.1) is 5.92 Å². The summed E-state index contributed by atoms with van der Waals surface area (Å²) in [6.07, 6.45) is 7.28. The molecule has 0 radical (unpaired) electrons. The van der Waals surface area contributed by atoms with Crippen molar-refractivity contribution in [3.8, 4) is 0 Å². The van der Waals surface area contributed by atoms with Gasteiger partial charge in [0.15, 0.2) is 0 Å². The zero-order chi connectivity index (χ0) is 8.60. The molecule has 2 fully saturated rings. The Hall–Kier alpha value is -0.0400. The third-order valence-corrected chi connectivity index (χ3v) is 3.78. The van der Waals surface area contributed by atoms with Crippen LogP contribution in [0.1, 0.15) is 46.0 Å². The Balaban J connectivity index is 2.11. The van der Waals surface area contributed by atoms with Gasteiger partial charge in [-0.15, -0.1) is 0 Å². The Morgan fingerprint density at radius 3 is 2.75 bits per heavy atom. The van der Waals surface area contributed by atoms with E-state index in [1.54, 1.807) is 0 Å². The second kappa shape index (κ2) is 3.02. The lowest BCUT2D eigenvalue weighted by Gasteiger charge is -2.41. The highest BCUT2D eigenvalue weighted by molar-refractivity contribution is 4.89. The number of hydrogen-bond acceptors (Lipinski definition) is 1. The molecule has 0 aromatic rings. The fourth-order valence-electron chi connectivity index (χ4n) is 2.83. The summed E-state index contributed by atoms with van der Waals surface area (Å²) >= 11 is 0. The monoisotopic (exact) mass is 167 g/mol. The average molecular weight is 167 g/mol. The van der Waals surface area contributed by atoms with Gasteiger partial charge in [0.2, 0.25) is 0 Å². The summed E-state index contributed by atoms with van der Waals surface area (Å²) < 4.78 is 0. The fraction of sp³-hybridized carbons (Fsp3) is 1.00. The molecule has 2 aliphatic heterocycles. The first-order chi connectivity index (χ1) is 5.68. The van der Waals surface area contributed by atoms with Gasteiger partial charge in [-0.3, -0.25) is 4.90 Å². The third kappa shape index (κ3) is 1.52. The first-order valence-electron chi connectivity index (χ1n) is 5.43. The molecule has 2 bridgehead atoms. The molecule has 2 rings (SSSR count). The lowest BCUT2D eigenvalue weighted by Crippen LogP contribution is -2.47. The summed E-state index contributed by atoms with van der Waals surface area (Å²) in [7, 11) is 0. The molecule has 12 heavy (non-hydrogen) atoms. The van der Waals surface area contributed by atoms with Crippen LogP contribution in [0.3, 0.4) is 0 Å². The SMILES string of the molecule is CC1(C)CCC[C@H]2CCCN1C2. The van der Waals surface area contributed by atoms with Gasteiger partial charge >= 0.3 is 0 Å². The zero-order valence-electron chi connectivity index (χ0n) is 8.47. The van der Waals surface area contributed by atoms with Crippen LogP contribution in [0.5, 0.6) is 0 Å². The summed E-state index contributed by atoms with van der Waals surface area (Å²) in [5.74, 6) is 1.03. The minimum absolute atomic E-state index is 0.495. The third-order valence-electron chi connectivity index (χ3n) is 3.78. The number of hydrogen-bond donors (Lipinski definition) is 0. The molecule has 0 amide bonds. The second-order valence-electron chi connectivity index (χ2n) is 5.16. The molecule has 1 nitrogen and oxygen atoms in total. The maximum Gasteiger partial charge on any atom is 0.0153 e. The highest BCUT2D eigenvalue weighted by Gasteiger charge is 2.33. The summed E-state index contributed by atoms with van der Waals surface area (Å²) in [6, 6.07) is 0. The molecular weight excluding hydrogens is 146 g/mol. The van der Waals surface area contributed by atoms with Crippen LogP contribution >= 0.6 is 0 Å². The van der Waals surface area contributed by atoms with Crippen LogP contribution in [-0.4, -0.2) is 23.5 Å². The molecule has 2 saturated heterocycles. The minimum Gasteiger partial charge on any atom is -0.298 e. The molecule has 2 heterocycles. The molecule has 2 aliphatic rings. The standard InChI is InChI=1S/C11H21N/c1-11(2)7-3-5-10-6-4-8-12(11)9-10/h10H,3-9H2,1-2H3/t10-/m0/s1. The number of piperidine rings is 1. The maximum atomic E-state index is 2.72. The number of fused-ring (bicyclic) bond motifs is 2. The van der Waals surface area contributed by atoms with Gasteiger partial charge < -0.3 is 0 Å². The van der Waals surface area contributed by atoms with E-state index in [1.165, 1.54) is 45.2 Å². The Morgan fingerprint density at radius 1 is 1.17 bits per heavy atom. The van der Waals surface area contributed by atoms with Crippen LogP contribution < -0.4 is 0 Å². The Kier molecular flexibility index (Phi) is 2.16. The predicted octanol–water partition coefficient (Wildman–Crippen LogP) is 2.66. The zero-order valence-corrected chi connectivity index (χ0v) is 8.47. The number of nitrogens with zero attached hydrogens (tertiary/aromatic N) is 1. The highest BCUT2D eigenvalue weighted by atomic mass is 15.2. The van der Waals surface area contributed by atoms with Crippen LogP contribution in [0.4, 0.5) is 0 Å². The first kappa shape index (κ1) is 8.55. The van der Waals surface area contributed by atoms with Crippen molar-refractivity contribution in [3.05, 3.63) is 0 Å². The van der Waals surface area contributed by atoms with Crippen molar-refractivity contribution in [2.75, 3.05) is 13.1 Å². The van der Waals surface area contributed by atoms with Crippen molar-refractivity contribution in [2.45, 2.75) is 51.5 Å². The van der Waals surface area contributed by atoms with Crippen molar-refractivity contribution in [2.24, 2.45) is 5.92 Å². The quantitative estimate of drug-likeness (QED) is 0.536. The van der Waals surface area contributed by atoms with Gasteiger partial charge in [-0.05, 0) is 52.0 Å². The minimum atomic E-state index is 0.495. The summed E-state index contributed by atoms with van der Waals surface area (Å²) in [5, 5.41) is 0. The van der Waals surface area contributed by atoms with Crippen molar-refractivity contribution in [3.63, 3.8) is 0 Å². The van der Waals surface area contributed by atoms with Gasteiger partial charge in [-0.2, -0.15) is 0 Å². The topological polar surface area (TPSA) is 3.24 Å². The highest BCUT2D eigenvalue weighted by Crippen LogP contribution is 2.34. The van der Waals surface area contributed by atoms with Gasteiger partial charge in [0.1, 0.15) is 0 Å². The molecule has 0 aromatic heterocycles. The van der Waals surface area contributed by atoms with Gasteiger partial charge in [0.05, 0.1) is 0 Å². The van der Waals surface area contributed by atoms with Crippen LogP contribution in [0.25, 0.3) is 0 Å². The van der Waals surface area contributed by atoms with Crippen LogP contribution in [0.2, 0.25) is 0 Å². The van der Waals surface area contributed by atoms with E-state index in [-0.39, 0.29) is 0 Å². The van der Waals surface area contributed by atoms with E-state index in [0.717, 1.165) is 5.92 Å². The first-order valence-corrected chi connectivity index (χ1v) is 5.43. The molecule has 0 aromatic carbocycles. The molecule has 0 N–H and O–H groups in total. The van der Waals surface area contributed by atoms with Crippen molar-refractivity contribution >= 4 is 0 Å². The van der Waals surface area contributed by atoms with Crippen molar-refractivity contribution < 1.29 is 0 Å². The summed E-state index contributed by atoms with van der Waals surface area (Å²) in [4.78, 5) is 2.72. The van der Waals surface area contributed by atoms with E-state index in [4.69, 9.17) is 0 Å². The van der Waals surface area contributed by atoms with Crippen LogP contribution in [0.15, 0.2) is 0 Å². The van der Waals surface area contributed by atoms with Crippen molar-refractivity contribution in [1.82, 2.24) is 4.90 Å². The molecule has 1 heteroatoms. The lowest BCUT2D eigenvalue weighted by atomic mass is 9.95. The molecule has 1 unspecified atom stereocenters. The molecule has 0 spiro atoms. The molecule has 0 saturated carbocycles. The predicted molar refractivity (Wildman–Crippen MR) is 52.2 cm³/mol. The van der Waals surface area contributed by atoms with Crippen LogP contribution in [-0.2, 0) is 0 Å². The molecule has 2 atom stereocenters. The van der Waals surface area contributed by atoms with Gasteiger partial charge in [-0.1, -0.05) is 6.42 Å². The van der Waals surface area contributed by atoms with E-state index in [0.29, 0.717) is 5.54 Å². The van der Waals surface area contributed by atoms with Gasteiger partial charge in [0.25, 0.3) is 0 Å². The van der Waals surface area contributed by atoms with Crippen molar-refractivity contribution in [1.29, 1.82) is 0 Å². The van der Waals surface area contributed by atoms with E-state index in [2.05, 4.69) is 18.7 Å². The Morgan fingerprint density at radius 2 is 1.92 bits per heavy atom. The fourth-order valence-corrected chi connectivity index (χ4v) is 2.83. The van der Waals surface area contributed by atoms with E-state index >= 15 is 0 Å². The van der Waals surface area contributed by atoms with E-state index < -0.39 is 0 Å².